The first-order valence-electron chi connectivity index (χ1n) is 13.7. The van der Waals surface area contributed by atoms with Gasteiger partial charge in [0, 0.05) is 30.7 Å². The summed E-state index contributed by atoms with van der Waals surface area (Å²) in [4.78, 5) is 46.4. The van der Waals surface area contributed by atoms with E-state index in [1.807, 2.05) is 32.9 Å². The van der Waals surface area contributed by atoms with Gasteiger partial charge in [0.25, 0.3) is 0 Å². The molecule has 1 aromatic rings. The molecule has 1 aromatic carbocycles. The number of amides is 2. The maximum Gasteiger partial charge on any atom is 0.249 e. The third-order valence-electron chi connectivity index (χ3n) is 8.14. The van der Waals surface area contributed by atoms with Crippen LogP contribution in [0.15, 0.2) is 23.3 Å². The molecule has 2 amide bonds. The molecule has 39 heavy (non-hydrogen) atoms. The zero-order valence-electron chi connectivity index (χ0n) is 23.3. The van der Waals surface area contributed by atoms with Crippen LogP contribution in [0.5, 0.6) is 0 Å². The van der Waals surface area contributed by atoms with E-state index >= 15 is 0 Å². The lowest BCUT2D eigenvalue weighted by Crippen LogP contribution is -2.45. The number of azide groups is 1. The molecule has 2 N–H and O–H groups in total. The molecule has 0 aliphatic carbocycles. The molecule has 11 nitrogen and oxygen atoms in total. The van der Waals surface area contributed by atoms with E-state index < -0.39 is 30.0 Å². The molecule has 0 saturated carbocycles. The van der Waals surface area contributed by atoms with Gasteiger partial charge in [0.2, 0.25) is 11.8 Å². The Labute approximate surface area is 229 Å². The Morgan fingerprint density at radius 1 is 1.28 bits per heavy atom. The summed E-state index contributed by atoms with van der Waals surface area (Å²) in [6, 6.07) is 4.24. The molecule has 0 bridgehead atoms. The van der Waals surface area contributed by atoms with Gasteiger partial charge >= 0.3 is 0 Å². The number of nitrogens with zero attached hydrogens (tertiary/aromatic N) is 5. The molecule has 0 unspecified atom stereocenters. The molecule has 3 heterocycles. The minimum absolute atomic E-state index is 0.0934. The highest BCUT2D eigenvalue weighted by molar-refractivity contribution is 5.99. The smallest absolute Gasteiger partial charge is 0.249 e. The summed E-state index contributed by atoms with van der Waals surface area (Å²) in [6.07, 6.45) is 1.72. The number of fused-ring (bicyclic) bond motifs is 1. The van der Waals surface area contributed by atoms with E-state index in [1.54, 1.807) is 13.2 Å². The summed E-state index contributed by atoms with van der Waals surface area (Å²) < 4.78 is 10.8. The Morgan fingerprint density at radius 3 is 2.62 bits per heavy atom. The zero-order chi connectivity index (χ0) is 28.3. The number of hydrogen-bond donors (Lipinski definition) is 1. The number of primary amides is 1. The molecule has 3 fully saturated rings. The molecule has 3 saturated heterocycles. The van der Waals surface area contributed by atoms with Gasteiger partial charge in [-0.3, -0.25) is 14.4 Å². The van der Waals surface area contributed by atoms with Crippen molar-refractivity contribution in [1.29, 1.82) is 0 Å². The van der Waals surface area contributed by atoms with E-state index in [-0.39, 0.29) is 30.3 Å². The summed E-state index contributed by atoms with van der Waals surface area (Å²) in [6.45, 7) is 9.58. The van der Waals surface area contributed by atoms with E-state index in [0.717, 1.165) is 38.0 Å². The van der Waals surface area contributed by atoms with Gasteiger partial charge in [-0.15, -0.1) is 0 Å². The number of methoxy groups -OCH3 is 1. The van der Waals surface area contributed by atoms with E-state index in [9.17, 15) is 14.4 Å². The minimum Gasteiger partial charge on any atom is -0.383 e. The lowest BCUT2D eigenvalue weighted by molar-refractivity contribution is -0.138. The average molecular weight is 541 g/mol. The zero-order valence-corrected chi connectivity index (χ0v) is 23.3. The number of carbonyl (C=O) groups excluding carboxylic acids is 3. The van der Waals surface area contributed by atoms with Crippen LogP contribution in [0.4, 0.5) is 0 Å². The van der Waals surface area contributed by atoms with Gasteiger partial charge in [-0.2, -0.15) is 0 Å². The van der Waals surface area contributed by atoms with Crippen molar-refractivity contribution in [2.75, 3.05) is 46.5 Å². The summed E-state index contributed by atoms with van der Waals surface area (Å²) >= 11 is 0. The van der Waals surface area contributed by atoms with Crippen molar-refractivity contribution >= 4 is 17.6 Å². The first-order valence-corrected chi connectivity index (χ1v) is 13.7. The van der Waals surface area contributed by atoms with Gasteiger partial charge < -0.3 is 25.0 Å². The predicted octanol–water partition coefficient (Wildman–Crippen LogP) is 2.99. The Morgan fingerprint density at radius 2 is 2.00 bits per heavy atom. The number of ketones is 1. The van der Waals surface area contributed by atoms with E-state index in [2.05, 4.69) is 14.9 Å². The van der Waals surface area contributed by atoms with E-state index in [4.69, 9.17) is 20.7 Å². The lowest BCUT2D eigenvalue weighted by Gasteiger charge is -2.34. The van der Waals surface area contributed by atoms with Crippen LogP contribution in [0.25, 0.3) is 10.4 Å². The molecule has 0 radical (unpaired) electrons. The first kappa shape index (κ1) is 29.0. The average Bonchev–Trinajstić information content (AvgIpc) is 3.46. The van der Waals surface area contributed by atoms with Gasteiger partial charge in [0.1, 0.15) is 12.6 Å². The fraction of sp³-hybridized carbons (Fsp3) is 0.679. The number of likely N-dealkylation sites (tertiary alicyclic amines) is 2. The fourth-order valence-electron chi connectivity index (χ4n) is 6.23. The second kappa shape index (κ2) is 12.0. The van der Waals surface area contributed by atoms with Crippen molar-refractivity contribution < 1.29 is 23.9 Å². The SMILES string of the molecule is COCCN1CCC(c2ccc(C(N)=O)c([C@H](CC(C)(C)C)C(=O)N3C[C@@H](N=[N+]=[N-])[C@H]4OCC(=O)[C@H]43)c2)CC1. The normalized spacial score (nSPS) is 24.9. The van der Waals surface area contributed by atoms with Crippen LogP contribution in [0, 0.1) is 5.41 Å². The van der Waals surface area contributed by atoms with Crippen LogP contribution in [0.2, 0.25) is 0 Å². The number of benzene rings is 1. The van der Waals surface area contributed by atoms with Crippen molar-refractivity contribution in [2.24, 2.45) is 16.3 Å². The Kier molecular flexibility index (Phi) is 8.96. The molecule has 0 spiro atoms. The molecule has 3 aliphatic rings. The monoisotopic (exact) mass is 540 g/mol. The quantitative estimate of drug-likeness (QED) is 0.289. The molecular formula is C28H40N6O5. The maximum atomic E-state index is 14.3. The highest BCUT2D eigenvalue weighted by Crippen LogP contribution is 2.40. The van der Waals surface area contributed by atoms with Crippen molar-refractivity contribution in [2.45, 2.75) is 70.1 Å². The third kappa shape index (κ3) is 6.44. The largest absolute Gasteiger partial charge is 0.383 e. The molecule has 0 aromatic heterocycles. The van der Waals surface area contributed by atoms with Crippen molar-refractivity contribution in [3.05, 3.63) is 45.3 Å². The standard InChI is InChI=1S/C28H40N6O5/c1-28(2,3)14-21(27(37)34-15-22(31-32-30)25-24(34)23(35)16-39-25)20-13-18(5-6-19(20)26(29)36)17-7-9-33(10-8-17)11-12-38-4/h5-6,13,17,21-22,24-25H,7-12,14-16H2,1-4H3,(H2,29,36)/t21-,22+,24+,25+/m0/s1. The van der Waals surface area contributed by atoms with E-state index in [0.29, 0.717) is 30.1 Å². The number of piperidine rings is 1. The van der Waals surface area contributed by atoms with Crippen LogP contribution in [-0.4, -0.2) is 92.1 Å². The number of carbonyl (C=O) groups is 3. The molecule has 4 rings (SSSR count). The lowest BCUT2D eigenvalue weighted by atomic mass is 9.77. The minimum atomic E-state index is -0.799. The van der Waals surface area contributed by atoms with Crippen LogP contribution in [0.3, 0.4) is 0 Å². The fourth-order valence-corrected chi connectivity index (χ4v) is 6.23. The van der Waals surface area contributed by atoms with Gasteiger partial charge in [0.05, 0.1) is 24.7 Å². The summed E-state index contributed by atoms with van der Waals surface area (Å²) in [5.74, 6) is -1.48. The second-order valence-electron chi connectivity index (χ2n) is 12.1. The topological polar surface area (TPSA) is 151 Å². The predicted molar refractivity (Wildman–Crippen MR) is 145 cm³/mol. The van der Waals surface area contributed by atoms with Gasteiger partial charge in [0.15, 0.2) is 5.78 Å². The number of rotatable bonds is 9. The molecule has 4 atom stereocenters. The van der Waals surface area contributed by atoms with Crippen LogP contribution in [-0.2, 0) is 19.1 Å². The number of hydrogen-bond acceptors (Lipinski definition) is 7. The second-order valence-corrected chi connectivity index (χ2v) is 12.1. The Bertz CT molecular complexity index is 1140. The maximum absolute atomic E-state index is 14.3. The summed E-state index contributed by atoms with van der Waals surface area (Å²) in [7, 11) is 1.71. The summed E-state index contributed by atoms with van der Waals surface area (Å²) in [5.41, 5.74) is 16.6. The Hall–Kier alpha value is -2.98. The Balaban J connectivity index is 1.68. The van der Waals surface area contributed by atoms with Gasteiger partial charge in [-0.1, -0.05) is 38.0 Å². The van der Waals surface area contributed by atoms with Crippen molar-refractivity contribution in [3.63, 3.8) is 0 Å². The summed E-state index contributed by atoms with van der Waals surface area (Å²) in [5, 5.41) is 3.81. The van der Waals surface area contributed by atoms with Crippen molar-refractivity contribution in [3.8, 4) is 0 Å². The first-order chi connectivity index (χ1) is 18.5. The number of nitrogens with two attached hydrogens (primary N) is 1. The van der Waals surface area contributed by atoms with Gasteiger partial charge in [-0.05, 0) is 66.4 Å². The van der Waals surface area contributed by atoms with Gasteiger partial charge in [-0.25, -0.2) is 0 Å². The van der Waals surface area contributed by atoms with Crippen LogP contribution >= 0.6 is 0 Å². The highest BCUT2D eigenvalue weighted by Gasteiger charge is 2.53. The molecular weight excluding hydrogens is 500 g/mol. The van der Waals surface area contributed by atoms with E-state index in [1.165, 1.54) is 4.90 Å². The number of ether oxygens (including phenoxy) is 2. The third-order valence-corrected chi connectivity index (χ3v) is 8.14. The van der Waals surface area contributed by atoms with Crippen LogP contribution < -0.4 is 5.73 Å². The highest BCUT2D eigenvalue weighted by atomic mass is 16.5. The molecule has 212 valence electrons. The molecule has 11 heteroatoms. The van der Waals surface area contributed by atoms with Crippen LogP contribution in [0.1, 0.15) is 73.4 Å². The van der Waals surface area contributed by atoms with Crippen molar-refractivity contribution in [1.82, 2.24) is 9.80 Å². The number of Topliss-reactive ketones (excluding diaryl/α,β-unsaturated/α-hetero) is 1. The molecule has 3 aliphatic heterocycles.